The quantitative estimate of drug-likeness (QED) is 0.632. The molecule has 0 aromatic heterocycles. The summed E-state index contributed by atoms with van der Waals surface area (Å²) in [6, 6.07) is 6.40. The van der Waals surface area contributed by atoms with Gasteiger partial charge in [-0.3, -0.25) is 4.18 Å². The standard InChI is InChI=1S/C10H9BrO3S/c1-3-8(2)14-15(12,13)10-7-5-4-6-9(10)11/h1,4-8H,2H3. The van der Waals surface area contributed by atoms with Crippen LogP contribution in [0.3, 0.4) is 0 Å². The lowest BCUT2D eigenvalue weighted by Crippen LogP contribution is -2.14. The van der Waals surface area contributed by atoms with Gasteiger partial charge in [0.15, 0.2) is 0 Å². The summed E-state index contributed by atoms with van der Waals surface area (Å²) in [5, 5.41) is 0. The van der Waals surface area contributed by atoms with Crippen LogP contribution in [0.2, 0.25) is 0 Å². The molecule has 0 amide bonds. The van der Waals surface area contributed by atoms with Gasteiger partial charge in [-0.25, -0.2) is 0 Å². The van der Waals surface area contributed by atoms with Gasteiger partial charge >= 0.3 is 0 Å². The first kappa shape index (κ1) is 12.2. The smallest absolute Gasteiger partial charge is 0.250 e. The zero-order chi connectivity index (χ0) is 11.5. The minimum atomic E-state index is -3.79. The summed E-state index contributed by atoms with van der Waals surface area (Å²) in [6.45, 7) is 1.49. The van der Waals surface area contributed by atoms with E-state index in [1.165, 1.54) is 13.0 Å². The lowest BCUT2D eigenvalue weighted by Gasteiger charge is -2.08. The SMILES string of the molecule is C#CC(C)OS(=O)(=O)c1ccccc1Br. The molecule has 0 saturated heterocycles. The summed E-state index contributed by atoms with van der Waals surface area (Å²) in [6.07, 6.45) is 4.27. The minimum Gasteiger partial charge on any atom is -0.250 e. The topological polar surface area (TPSA) is 43.4 Å². The van der Waals surface area contributed by atoms with Crippen LogP contribution in [0.5, 0.6) is 0 Å². The van der Waals surface area contributed by atoms with Gasteiger partial charge in [0, 0.05) is 4.47 Å². The van der Waals surface area contributed by atoms with E-state index in [0.717, 1.165) is 0 Å². The van der Waals surface area contributed by atoms with Crippen LogP contribution in [-0.4, -0.2) is 14.5 Å². The van der Waals surface area contributed by atoms with E-state index in [0.29, 0.717) is 4.47 Å². The molecular formula is C10H9BrO3S. The second-order valence-electron chi connectivity index (χ2n) is 2.79. The van der Waals surface area contributed by atoms with Crippen molar-refractivity contribution in [2.45, 2.75) is 17.9 Å². The van der Waals surface area contributed by atoms with E-state index in [-0.39, 0.29) is 4.90 Å². The maximum Gasteiger partial charge on any atom is 0.299 e. The van der Waals surface area contributed by atoms with E-state index >= 15 is 0 Å². The van der Waals surface area contributed by atoms with Crippen LogP contribution in [0.15, 0.2) is 33.6 Å². The maximum atomic E-state index is 11.7. The van der Waals surface area contributed by atoms with Crippen LogP contribution < -0.4 is 0 Å². The molecule has 0 heterocycles. The Balaban J connectivity index is 3.09. The second-order valence-corrected chi connectivity index (χ2v) is 5.18. The predicted molar refractivity (Wildman–Crippen MR) is 60.7 cm³/mol. The van der Waals surface area contributed by atoms with Crippen LogP contribution in [0.1, 0.15) is 6.92 Å². The highest BCUT2D eigenvalue weighted by atomic mass is 79.9. The van der Waals surface area contributed by atoms with Gasteiger partial charge in [-0.05, 0) is 35.0 Å². The number of hydrogen-bond acceptors (Lipinski definition) is 3. The van der Waals surface area contributed by atoms with Crippen LogP contribution in [-0.2, 0) is 14.3 Å². The lowest BCUT2D eigenvalue weighted by molar-refractivity contribution is 0.283. The zero-order valence-electron chi connectivity index (χ0n) is 7.98. The summed E-state index contributed by atoms with van der Waals surface area (Å²) in [7, 11) is -3.79. The van der Waals surface area contributed by atoms with Crippen molar-refractivity contribution in [2.75, 3.05) is 0 Å². The predicted octanol–water partition coefficient (Wildman–Crippen LogP) is 2.18. The molecule has 0 saturated carbocycles. The van der Waals surface area contributed by atoms with Crippen molar-refractivity contribution in [1.82, 2.24) is 0 Å². The Morgan fingerprint density at radius 1 is 1.47 bits per heavy atom. The third kappa shape index (κ3) is 3.06. The summed E-state index contributed by atoms with van der Waals surface area (Å²) >= 11 is 3.13. The third-order valence-corrected chi connectivity index (χ3v) is 4.00. The summed E-state index contributed by atoms with van der Waals surface area (Å²) < 4.78 is 28.6. The number of rotatable bonds is 3. The van der Waals surface area contributed by atoms with Gasteiger partial charge in [0.1, 0.15) is 11.0 Å². The Bertz CT molecular complexity index is 488. The average molecular weight is 289 g/mol. The molecule has 1 rings (SSSR count). The van der Waals surface area contributed by atoms with Crippen LogP contribution in [0.25, 0.3) is 0 Å². The van der Waals surface area contributed by atoms with Gasteiger partial charge in [-0.2, -0.15) is 8.42 Å². The molecule has 0 aliphatic heterocycles. The number of terminal acetylenes is 1. The van der Waals surface area contributed by atoms with Crippen molar-refractivity contribution in [3.63, 3.8) is 0 Å². The molecule has 3 nitrogen and oxygen atoms in total. The van der Waals surface area contributed by atoms with Gasteiger partial charge in [-0.15, -0.1) is 6.42 Å². The number of hydrogen-bond donors (Lipinski definition) is 0. The fourth-order valence-electron chi connectivity index (χ4n) is 0.917. The van der Waals surface area contributed by atoms with Crippen molar-refractivity contribution < 1.29 is 12.6 Å². The van der Waals surface area contributed by atoms with Gasteiger partial charge in [0.25, 0.3) is 10.1 Å². The largest absolute Gasteiger partial charge is 0.299 e. The van der Waals surface area contributed by atoms with E-state index in [9.17, 15) is 8.42 Å². The molecule has 1 unspecified atom stereocenters. The first-order valence-electron chi connectivity index (χ1n) is 4.11. The van der Waals surface area contributed by atoms with Gasteiger partial charge < -0.3 is 0 Å². The van der Waals surface area contributed by atoms with Crippen molar-refractivity contribution in [2.24, 2.45) is 0 Å². The average Bonchev–Trinajstić information content (AvgIpc) is 2.17. The van der Waals surface area contributed by atoms with Crippen LogP contribution in [0, 0.1) is 12.3 Å². The molecule has 1 aromatic carbocycles. The normalized spacial score (nSPS) is 13.1. The molecule has 15 heavy (non-hydrogen) atoms. The first-order chi connectivity index (χ1) is 6.97. The molecule has 0 spiro atoms. The van der Waals surface area contributed by atoms with Crippen molar-refractivity contribution in [3.8, 4) is 12.3 Å². The number of halogens is 1. The van der Waals surface area contributed by atoms with Gasteiger partial charge in [-0.1, -0.05) is 18.1 Å². The zero-order valence-corrected chi connectivity index (χ0v) is 10.4. The van der Waals surface area contributed by atoms with Crippen LogP contribution in [0.4, 0.5) is 0 Å². The van der Waals surface area contributed by atoms with E-state index < -0.39 is 16.2 Å². The molecule has 0 aliphatic carbocycles. The molecule has 1 aromatic rings. The van der Waals surface area contributed by atoms with Gasteiger partial charge in [0.2, 0.25) is 0 Å². The van der Waals surface area contributed by atoms with E-state index in [1.54, 1.807) is 18.2 Å². The summed E-state index contributed by atoms with van der Waals surface area (Å²) in [5.41, 5.74) is 0. The Kier molecular flexibility index (Phi) is 3.91. The van der Waals surface area contributed by atoms with Crippen molar-refractivity contribution in [1.29, 1.82) is 0 Å². The number of benzene rings is 1. The molecular weight excluding hydrogens is 280 g/mol. The highest BCUT2D eigenvalue weighted by Gasteiger charge is 2.20. The second kappa shape index (κ2) is 4.79. The van der Waals surface area contributed by atoms with Gasteiger partial charge in [0.05, 0.1) is 0 Å². The minimum absolute atomic E-state index is 0.0760. The Labute approximate surface area is 97.7 Å². The molecule has 80 valence electrons. The molecule has 0 N–H and O–H groups in total. The molecule has 0 bridgehead atoms. The lowest BCUT2D eigenvalue weighted by atomic mass is 10.4. The van der Waals surface area contributed by atoms with Crippen molar-refractivity contribution in [3.05, 3.63) is 28.7 Å². The molecule has 5 heteroatoms. The summed E-state index contributed by atoms with van der Waals surface area (Å²) in [4.78, 5) is 0.0760. The monoisotopic (exact) mass is 288 g/mol. The highest BCUT2D eigenvalue weighted by molar-refractivity contribution is 9.10. The molecule has 0 aliphatic rings. The Hall–Kier alpha value is -0.830. The van der Waals surface area contributed by atoms with E-state index in [2.05, 4.69) is 21.9 Å². The third-order valence-electron chi connectivity index (χ3n) is 1.61. The fraction of sp³-hybridized carbons (Fsp3) is 0.200. The van der Waals surface area contributed by atoms with Crippen molar-refractivity contribution >= 4 is 26.0 Å². The van der Waals surface area contributed by atoms with E-state index in [4.69, 9.17) is 10.6 Å². The Morgan fingerprint density at radius 2 is 2.07 bits per heavy atom. The Morgan fingerprint density at radius 3 is 2.60 bits per heavy atom. The first-order valence-corrected chi connectivity index (χ1v) is 6.31. The molecule has 0 fully saturated rings. The van der Waals surface area contributed by atoms with E-state index in [1.807, 2.05) is 0 Å². The highest BCUT2D eigenvalue weighted by Crippen LogP contribution is 2.23. The van der Waals surface area contributed by atoms with Crippen LogP contribution >= 0.6 is 15.9 Å². The molecule has 1 atom stereocenters. The summed E-state index contributed by atoms with van der Waals surface area (Å²) in [5.74, 6) is 2.19. The fourth-order valence-corrected chi connectivity index (χ4v) is 2.89. The molecule has 0 radical (unpaired) electrons. The maximum absolute atomic E-state index is 11.7.